The number of nitrogens with one attached hydrogen (secondary N) is 1. The van der Waals surface area contributed by atoms with Gasteiger partial charge in [-0.3, -0.25) is 0 Å². The molecule has 3 heteroatoms. The molecular weight excluding hydrogens is 273 g/mol. The Morgan fingerprint density at radius 1 is 1.25 bits per heavy atom. The zero-order valence-electron chi connectivity index (χ0n) is 12.9. The molecule has 1 aliphatic carbocycles. The van der Waals surface area contributed by atoms with Gasteiger partial charge in [-0.1, -0.05) is 30.7 Å². The van der Waals surface area contributed by atoms with E-state index in [2.05, 4.69) is 33.0 Å². The molecule has 1 aromatic rings. The van der Waals surface area contributed by atoms with Gasteiger partial charge in [-0.2, -0.15) is 0 Å². The van der Waals surface area contributed by atoms with Crippen molar-refractivity contribution in [2.75, 3.05) is 6.54 Å². The maximum absolute atomic E-state index is 13.6. The highest BCUT2D eigenvalue weighted by Crippen LogP contribution is 2.47. The number of benzene rings is 1. The zero-order valence-corrected chi connectivity index (χ0v) is 13.6. The molecule has 1 atom stereocenters. The molecule has 112 valence electrons. The molecule has 0 amide bonds. The molecule has 1 N–H and O–H groups in total. The molecule has 0 spiro atoms. The maximum Gasteiger partial charge on any atom is 0.142 e. The van der Waals surface area contributed by atoms with E-state index >= 15 is 0 Å². The SMILES string of the molecule is CC(C)(C)NCC(C)(Cc1cccc(F)c1Cl)C1CC1. The van der Waals surface area contributed by atoms with Gasteiger partial charge in [0.2, 0.25) is 0 Å². The van der Waals surface area contributed by atoms with Crippen molar-refractivity contribution in [2.45, 2.75) is 52.5 Å². The highest BCUT2D eigenvalue weighted by Gasteiger charge is 2.42. The van der Waals surface area contributed by atoms with Crippen LogP contribution in [0.2, 0.25) is 5.02 Å². The lowest BCUT2D eigenvalue weighted by molar-refractivity contribution is 0.227. The first-order valence-electron chi connectivity index (χ1n) is 7.39. The summed E-state index contributed by atoms with van der Waals surface area (Å²) in [7, 11) is 0. The summed E-state index contributed by atoms with van der Waals surface area (Å²) in [6.45, 7) is 9.76. The van der Waals surface area contributed by atoms with Crippen LogP contribution in [-0.4, -0.2) is 12.1 Å². The van der Waals surface area contributed by atoms with Crippen LogP contribution in [-0.2, 0) is 6.42 Å². The van der Waals surface area contributed by atoms with Crippen LogP contribution in [0.15, 0.2) is 18.2 Å². The van der Waals surface area contributed by atoms with Crippen molar-refractivity contribution >= 4 is 11.6 Å². The van der Waals surface area contributed by atoms with Gasteiger partial charge >= 0.3 is 0 Å². The highest BCUT2D eigenvalue weighted by atomic mass is 35.5. The van der Waals surface area contributed by atoms with Gasteiger partial charge in [0.25, 0.3) is 0 Å². The largest absolute Gasteiger partial charge is 0.312 e. The molecule has 1 saturated carbocycles. The van der Waals surface area contributed by atoms with Crippen molar-refractivity contribution < 1.29 is 4.39 Å². The second kappa shape index (κ2) is 5.65. The van der Waals surface area contributed by atoms with Gasteiger partial charge in [0.1, 0.15) is 5.82 Å². The van der Waals surface area contributed by atoms with E-state index in [-0.39, 0.29) is 21.8 Å². The van der Waals surface area contributed by atoms with Crippen LogP contribution in [0.25, 0.3) is 0 Å². The first-order valence-corrected chi connectivity index (χ1v) is 7.77. The fourth-order valence-electron chi connectivity index (χ4n) is 2.72. The molecule has 20 heavy (non-hydrogen) atoms. The fraction of sp³-hybridized carbons (Fsp3) is 0.647. The second-order valence-corrected chi connectivity index (χ2v) is 7.80. The summed E-state index contributed by atoms with van der Waals surface area (Å²) in [4.78, 5) is 0. The van der Waals surface area contributed by atoms with Crippen molar-refractivity contribution in [3.05, 3.63) is 34.6 Å². The molecule has 1 aromatic carbocycles. The minimum Gasteiger partial charge on any atom is -0.312 e. The van der Waals surface area contributed by atoms with Crippen LogP contribution in [0.5, 0.6) is 0 Å². The lowest BCUT2D eigenvalue weighted by Gasteiger charge is -2.34. The van der Waals surface area contributed by atoms with Crippen molar-refractivity contribution in [3.63, 3.8) is 0 Å². The van der Waals surface area contributed by atoms with Gasteiger partial charge in [-0.05, 0) is 63.0 Å². The van der Waals surface area contributed by atoms with Gasteiger partial charge < -0.3 is 5.32 Å². The third-order valence-electron chi connectivity index (χ3n) is 4.21. The Balaban J connectivity index is 2.14. The van der Waals surface area contributed by atoms with E-state index in [0.29, 0.717) is 0 Å². The number of rotatable bonds is 5. The standard InChI is InChI=1S/C17H25ClFN/c1-16(2,3)20-11-17(4,13-8-9-13)10-12-6-5-7-14(19)15(12)18/h5-7,13,20H,8-11H2,1-4H3. The number of hydrogen-bond donors (Lipinski definition) is 1. The molecule has 1 unspecified atom stereocenters. The molecule has 1 fully saturated rings. The summed E-state index contributed by atoms with van der Waals surface area (Å²) in [6, 6.07) is 5.12. The fourth-order valence-corrected chi connectivity index (χ4v) is 2.91. The Hall–Kier alpha value is -0.600. The Kier molecular flexibility index (Phi) is 4.46. The average molecular weight is 298 g/mol. The zero-order chi connectivity index (χ0) is 15.0. The minimum atomic E-state index is -0.314. The first-order chi connectivity index (χ1) is 9.21. The molecular formula is C17H25ClFN. The third kappa shape index (κ3) is 3.95. The van der Waals surface area contributed by atoms with Gasteiger partial charge in [0.15, 0.2) is 0 Å². The minimum absolute atomic E-state index is 0.0991. The van der Waals surface area contributed by atoms with E-state index in [1.807, 2.05) is 6.07 Å². The lowest BCUT2D eigenvalue weighted by atomic mass is 9.78. The van der Waals surface area contributed by atoms with Crippen molar-refractivity contribution in [1.82, 2.24) is 5.32 Å². The van der Waals surface area contributed by atoms with Crippen LogP contribution in [0.1, 0.15) is 46.1 Å². The van der Waals surface area contributed by atoms with Crippen molar-refractivity contribution in [1.29, 1.82) is 0 Å². The molecule has 1 aliphatic rings. The van der Waals surface area contributed by atoms with E-state index in [1.165, 1.54) is 18.9 Å². The number of halogens is 2. The molecule has 0 bridgehead atoms. The number of hydrogen-bond acceptors (Lipinski definition) is 1. The third-order valence-corrected chi connectivity index (χ3v) is 4.63. The van der Waals surface area contributed by atoms with E-state index in [0.717, 1.165) is 24.4 Å². The molecule has 2 rings (SSSR count). The molecule has 1 nitrogen and oxygen atoms in total. The summed E-state index contributed by atoms with van der Waals surface area (Å²) in [5.74, 6) is 0.405. The van der Waals surface area contributed by atoms with Crippen molar-refractivity contribution in [3.8, 4) is 0 Å². The first kappa shape index (κ1) is 15.8. The monoisotopic (exact) mass is 297 g/mol. The Bertz CT molecular complexity index is 476. The van der Waals surface area contributed by atoms with Gasteiger partial charge in [-0.25, -0.2) is 4.39 Å². The highest BCUT2D eigenvalue weighted by molar-refractivity contribution is 6.31. The van der Waals surface area contributed by atoms with Crippen LogP contribution in [0, 0.1) is 17.2 Å². The van der Waals surface area contributed by atoms with Crippen molar-refractivity contribution in [2.24, 2.45) is 11.3 Å². The topological polar surface area (TPSA) is 12.0 Å². The molecule has 0 saturated heterocycles. The summed E-state index contributed by atoms with van der Waals surface area (Å²) in [5, 5.41) is 3.89. The van der Waals surface area contributed by atoms with Crippen LogP contribution < -0.4 is 5.32 Å². The molecule has 0 heterocycles. The van der Waals surface area contributed by atoms with Gasteiger partial charge in [-0.15, -0.1) is 0 Å². The van der Waals surface area contributed by atoms with Crippen LogP contribution in [0.3, 0.4) is 0 Å². The molecule has 0 radical (unpaired) electrons. The Labute approximate surface area is 126 Å². The van der Waals surface area contributed by atoms with Gasteiger partial charge in [0.05, 0.1) is 5.02 Å². The van der Waals surface area contributed by atoms with E-state index < -0.39 is 0 Å². The summed E-state index contributed by atoms with van der Waals surface area (Å²) in [5.41, 5.74) is 1.17. The van der Waals surface area contributed by atoms with Gasteiger partial charge in [0, 0.05) is 12.1 Å². The Morgan fingerprint density at radius 2 is 1.90 bits per heavy atom. The molecule has 0 aliphatic heterocycles. The summed E-state index contributed by atoms with van der Waals surface area (Å²) < 4.78 is 13.6. The average Bonchev–Trinajstić information content (AvgIpc) is 3.16. The van der Waals surface area contributed by atoms with E-state index in [9.17, 15) is 4.39 Å². The predicted octanol–water partition coefficient (Wildman–Crippen LogP) is 4.83. The normalized spacial score (nSPS) is 18.9. The molecule has 0 aromatic heterocycles. The second-order valence-electron chi connectivity index (χ2n) is 7.42. The Morgan fingerprint density at radius 3 is 2.45 bits per heavy atom. The quantitative estimate of drug-likeness (QED) is 0.821. The van der Waals surface area contributed by atoms with Crippen LogP contribution >= 0.6 is 11.6 Å². The predicted molar refractivity (Wildman–Crippen MR) is 83.7 cm³/mol. The van der Waals surface area contributed by atoms with E-state index in [4.69, 9.17) is 11.6 Å². The van der Waals surface area contributed by atoms with E-state index in [1.54, 1.807) is 6.07 Å². The summed E-state index contributed by atoms with van der Waals surface area (Å²) >= 11 is 6.12. The van der Waals surface area contributed by atoms with Crippen LogP contribution in [0.4, 0.5) is 4.39 Å². The summed E-state index contributed by atoms with van der Waals surface area (Å²) in [6.07, 6.45) is 3.38. The lowest BCUT2D eigenvalue weighted by Crippen LogP contribution is -2.44. The smallest absolute Gasteiger partial charge is 0.142 e. The maximum atomic E-state index is 13.6.